The van der Waals surface area contributed by atoms with Crippen LogP contribution in [-0.4, -0.2) is 29.1 Å². The van der Waals surface area contributed by atoms with E-state index in [4.69, 9.17) is 0 Å². The van der Waals surface area contributed by atoms with E-state index < -0.39 is 0 Å². The van der Waals surface area contributed by atoms with Crippen LogP contribution in [0.15, 0.2) is 0 Å². The van der Waals surface area contributed by atoms with E-state index in [0.29, 0.717) is 24.0 Å². The van der Waals surface area contributed by atoms with Gasteiger partial charge in [-0.1, -0.05) is 33.6 Å². The summed E-state index contributed by atoms with van der Waals surface area (Å²) in [7, 11) is 0. The van der Waals surface area contributed by atoms with E-state index in [2.05, 4.69) is 31.0 Å². The van der Waals surface area contributed by atoms with E-state index in [0.717, 1.165) is 31.1 Å². The van der Waals surface area contributed by atoms with E-state index in [-0.39, 0.29) is 6.04 Å². The highest BCUT2D eigenvalue weighted by atomic mass is 16.2. The van der Waals surface area contributed by atoms with Gasteiger partial charge in [0.15, 0.2) is 0 Å². The predicted molar refractivity (Wildman–Crippen MR) is 81.2 cm³/mol. The minimum atomic E-state index is 0.0663. The van der Waals surface area contributed by atoms with Crippen LogP contribution in [0.5, 0.6) is 0 Å². The number of carbonyl (C=O) groups excluding carboxylic acids is 1. The van der Waals surface area contributed by atoms with Gasteiger partial charge in [-0.05, 0) is 49.9 Å². The van der Waals surface area contributed by atoms with Gasteiger partial charge >= 0.3 is 0 Å². The Hall–Kier alpha value is -0.570. The first kappa shape index (κ1) is 14.4. The number of rotatable bonds is 7. The molecule has 2 saturated carbocycles. The molecule has 1 aliphatic heterocycles. The second-order valence-corrected chi connectivity index (χ2v) is 7.25. The molecule has 3 unspecified atom stereocenters. The molecule has 3 heteroatoms. The highest BCUT2D eigenvalue weighted by Crippen LogP contribution is 2.48. The first-order chi connectivity index (χ1) is 9.67. The fourth-order valence-corrected chi connectivity index (χ4v) is 3.88. The van der Waals surface area contributed by atoms with Gasteiger partial charge in [-0.2, -0.15) is 0 Å². The lowest BCUT2D eigenvalue weighted by Gasteiger charge is -2.33. The molecular weight excluding hydrogens is 248 g/mol. The molecule has 0 aromatic heterocycles. The van der Waals surface area contributed by atoms with Crippen molar-refractivity contribution in [3.8, 4) is 0 Å². The van der Waals surface area contributed by atoms with Crippen LogP contribution in [0.3, 0.4) is 0 Å². The number of hydrogen-bond acceptors (Lipinski definition) is 2. The summed E-state index contributed by atoms with van der Waals surface area (Å²) in [5.74, 6) is 2.47. The molecule has 2 aliphatic carbocycles. The van der Waals surface area contributed by atoms with Crippen LogP contribution in [-0.2, 0) is 4.79 Å². The summed E-state index contributed by atoms with van der Waals surface area (Å²) in [6, 6.07) is 0.622. The summed E-state index contributed by atoms with van der Waals surface area (Å²) in [4.78, 5) is 15.3. The molecule has 3 rings (SSSR count). The fourth-order valence-electron chi connectivity index (χ4n) is 3.88. The zero-order valence-corrected chi connectivity index (χ0v) is 13.3. The predicted octanol–water partition coefficient (Wildman–Crippen LogP) is 3.15. The Morgan fingerprint density at radius 2 is 1.80 bits per heavy atom. The van der Waals surface area contributed by atoms with E-state index in [1.807, 2.05) is 0 Å². The molecule has 1 saturated heterocycles. The first-order valence-corrected chi connectivity index (χ1v) is 8.75. The summed E-state index contributed by atoms with van der Waals surface area (Å²) < 4.78 is 0. The third-order valence-electron chi connectivity index (χ3n) is 5.53. The summed E-state index contributed by atoms with van der Waals surface area (Å²) >= 11 is 0. The highest BCUT2D eigenvalue weighted by Gasteiger charge is 2.52. The van der Waals surface area contributed by atoms with Gasteiger partial charge in [0.2, 0.25) is 5.91 Å². The van der Waals surface area contributed by atoms with Crippen molar-refractivity contribution in [2.75, 3.05) is 0 Å². The molecule has 1 heterocycles. The molecule has 3 aliphatic rings. The number of hydrogen-bond donors (Lipinski definition) is 1. The Kier molecular flexibility index (Phi) is 4.07. The lowest BCUT2D eigenvalue weighted by atomic mass is 9.98. The normalized spacial score (nSPS) is 32.2. The summed E-state index contributed by atoms with van der Waals surface area (Å²) in [5.41, 5.74) is 0. The monoisotopic (exact) mass is 278 g/mol. The van der Waals surface area contributed by atoms with E-state index >= 15 is 0 Å². The first-order valence-electron chi connectivity index (χ1n) is 8.75. The van der Waals surface area contributed by atoms with Crippen LogP contribution in [0.25, 0.3) is 0 Å². The fraction of sp³-hybridized carbons (Fsp3) is 0.941. The quantitative estimate of drug-likeness (QED) is 0.776. The number of nitrogens with zero attached hydrogens (tertiary/aromatic N) is 1. The van der Waals surface area contributed by atoms with Gasteiger partial charge in [-0.25, -0.2) is 0 Å². The Morgan fingerprint density at radius 1 is 1.20 bits per heavy atom. The van der Waals surface area contributed by atoms with Gasteiger partial charge in [0, 0.05) is 6.04 Å². The Balaban J connectivity index is 1.79. The second-order valence-electron chi connectivity index (χ2n) is 7.25. The summed E-state index contributed by atoms with van der Waals surface area (Å²) in [6.07, 6.45) is 9.02. The molecular formula is C17H30N2O. The largest absolute Gasteiger partial charge is 0.322 e. The molecule has 0 spiro atoms. The van der Waals surface area contributed by atoms with E-state index in [1.165, 1.54) is 25.7 Å². The topological polar surface area (TPSA) is 32.3 Å². The Morgan fingerprint density at radius 3 is 2.25 bits per heavy atom. The SMILES string of the molecule is CCCC1NC(C(C)CC)C(=O)N1C(C1CC1)C1CC1. The maximum absolute atomic E-state index is 13.0. The smallest absolute Gasteiger partial charge is 0.241 e. The van der Waals surface area contributed by atoms with E-state index in [9.17, 15) is 4.79 Å². The van der Waals surface area contributed by atoms with Crippen molar-refractivity contribution >= 4 is 5.91 Å². The molecule has 0 aromatic rings. The molecule has 3 nitrogen and oxygen atoms in total. The number of carbonyl (C=O) groups is 1. The summed E-state index contributed by atoms with van der Waals surface area (Å²) in [6.45, 7) is 6.63. The molecule has 0 bridgehead atoms. The zero-order valence-electron chi connectivity index (χ0n) is 13.3. The maximum Gasteiger partial charge on any atom is 0.241 e. The number of amides is 1. The molecule has 20 heavy (non-hydrogen) atoms. The highest BCUT2D eigenvalue weighted by molar-refractivity contribution is 5.85. The molecule has 114 valence electrons. The van der Waals surface area contributed by atoms with Gasteiger partial charge in [0.05, 0.1) is 12.2 Å². The van der Waals surface area contributed by atoms with Crippen LogP contribution in [0, 0.1) is 17.8 Å². The maximum atomic E-state index is 13.0. The van der Waals surface area contributed by atoms with Crippen LogP contribution < -0.4 is 5.32 Å². The number of nitrogens with one attached hydrogen (secondary N) is 1. The van der Waals surface area contributed by atoms with Gasteiger partial charge in [0.25, 0.3) is 0 Å². The molecule has 0 radical (unpaired) electrons. The van der Waals surface area contributed by atoms with Crippen molar-refractivity contribution in [1.29, 1.82) is 0 Å². The molecule has 1 N–H and O–H groups in total. The van der Waals surface area contributed by atoms with E-state index in [1.54, 1.807) is 0 Å². The summed E-state index contributed by atoms with van der Waals surface area (Å²) in [5, 5.41) is 3.66. The molecule has 1 amide bonds. The minimum Gasteiger partial charge on any atom is -0.322 e. The zero-order chi connectivity index (χ0) is 14.3. The van der Waals surface area contributed by atoms with Crippen molar-refractivity contribution in [1.82, 2.24) is 10.2 Å². The van der Waals surface area contributed by atoms with Gasteiger partial charge in [0.1, 0.15) is 0 Å². The Bertz CT molecular complexity index is 350. The Labute approximate surface area is 123 Å². The van der Waals surface area contributed by atoms with Crippen LogP contribution >= 0.6 is 0 Å². The van der Waals surface area contributed by atoms with Crippen LogP contribution in [0.2, 0.25) is 0 Å². The van der Waals surface area contributed by atoms with Crippen molar-refractivity contribution in [2.45, 2.75) is 84.0 Å². The molecule has 0 aromatic carbocycles. The average Bonchev–Trinajstić information content (AvgIpc) is 3.33. The second kappa shape index (κ2) is 5.67. The van der Waals surface area contributed by atoms with Crippen LogP contribution in [0.4, 0.5) is 0 Å². The van der Waals surface area contributed by atoms with Crippen molar-refractivity contribution in [3.63, 3.8) is 0 Å². The lowest BCUT2D eigenvalue weighted by molar-refractivity contribution is -0.134. The average molecular weight is 278 g/mol. The van der Waals surface area contributed by atoms with Crippen molar-refractivity contribution in [2.24, 2.45) is 17.8 Å². The van der Waals surface area contributed by atoms with Gasteiger partial charge in [-0.3, -0.25) is 10.1 Å². The minimum absolute atomic E-state index is 0.0663. The third kappa shape index (κ3) is 2.61. The van der Waals surface area contributed by atoms with Gasteiger partial charge < -0.3 is 4.90 Å². The van der Waals surface area contributed by atoms with Gasteiger partial charge in [-0.15, -0.1) is 0 Å². The lowest BCUT2D eigenvalue weighted by Crippen LogP contribution is -2.47. The molecule has 3 fully saturated rings. The van der Waals surface area contributed by atoms with Crippen LogP contribution in [0.1, 0.15) is 65.7 Å². The molecule has 3 atom stereocenters. The third-order valence-corrected chi connectivity index (χ3v) is 5.53. The van der Waals surface area contributed by atoms with Crippen molar-refractivity contribution in [3.05, 3.63) is 0 Å². The van der Waals surface area contributed by atoms with Crippen molar-refractivity contribution < 1.29 is 4.79 Å². The standard InChI is InChI=1S/C17H30N2O/c1-4-6-14-18-15(11(3)5-2)17(20)19(14)16(12-7-8-12)13-9-10-13/h11-16,18H,4-10H2,1-3H3.